The molecule has 14 heavy (non-hydrogen) atoms. The van der Waals surface area contributed by atoms with Gasteiger partial charge in [0, 0.05) is 52.4 Å². The average Bonchev–Trinajstić information content (AvgIpc) is 2.32. The molecule has 0 aliphatic carbocycles. The molecule has 1 heterocycles. The second kappa shape index (κ2) is 18.5. The monoisotopic (exact) mass is 206 g/mol. The third-order valence-electron chi connectivity index (χ3n) is 1.29. The number of nitrogens with one attached hydrogen (secondary N) is 2. The molecule has 6 nitrogen and oxygen atoms in total. The largest absolute Gasteiger partial charge is 0.329 e. The van der Waals surface area contributed by atoms with Gasteiger partial charge in [-0.3, -0.25) is 0 Å². The molecule has 0 saturated carbocycles. The topological polar surface area (TPSA) is 128 Å². The fraction of sp³-hybridized carbons (Fsp3) is 1.00. The first kappa shape index (κ1) is 16.2. The van der Waals surface area contributed by atoms with Crippen molar-refractivity contribution < 1.29 is 0 Å². The predicted molar refractivity (Wildman–Crippen MR) is 62.0 cm³/mol. The Bertz CT molecular complexity index is 56.7. The van der Waals surface area contributed by atoms with Crippen molar-refractivity contribution in [3.8, 4) is 0 Å². The van der Waals surface area contributed by atoms with Crippen LogP contribution in [0.3, 0.4) is 0 Å². The Hall–Kier alpha value is -0.240. The Morgan fingerprint density at radius 2 is 0.786 bits per heavy atom. The summed E-state index contributed by atoms with van der Waals surface area (Å²) in [7, 11) is 0. The Morgan fingerprint density at radius 1 is 0.571 bits per heavy atom. The van der Waals surface area contributed by atoms with Crippen LogP contribution in [0.2, 0.25) is 0 Å². The fourth-order valence-corrected chi connectivity index (χ4v) is 0.604. The lowest BCUT2D eigenvalue weighted by molar-refractivity contribution is 0.534. The fourth-order valence-electron chi connectivity index (χ4n) is 0.604. The van der Waals surface area contributed by atoms with Gasteiger partial charge < -0.3 is 33.6 Å². The second-order valence-corrected chi connectivity index (χ2v) is 2.65. The summed E-state index contributed by atoms with van der Waals surface area (Å²) < 4.78 is 0. The zero-order valence-corrected chi connectivity index (χ0v) is 8.97. The summed E-state index contributed by atoms with van der Waals surface area (Å²) in [5.74, 6) is 0. The molecule has 1 saturated heterocycles. The maximum Gasteiger partial charge on any atom is 0.00772 e. The van der Waals surface area contributed by atoms with E-state index in [0.717, 1.165) is 26.2 Å². The van der Waals surface area contributed by atoms with Crippen LogP contribution in [-0.2, 0) is 0 Å². The summed E-state index contributed by atoms with van der Waals surface area (Å²) in [4.78, 5) is 0. The van der Waals surface area contributed by atoms with Gasteiger partial charge in [-0.25, -0.2) is 0 Å². The van der Waals surface area contributed by atoms with E-state index in [1.54, 1.807) is 0 Å². The minimum atomic E-state index is 0.597. The van der Waals surface area contributed by atoms with Crippen molar-refractivity contribution in [2.75, 3.05) is 52.4 Å². The molecule has 10 N–H and O–H groups in total. The summed E-state index contributed by atoms with van der Waals surface area (Å²) in [5, 5.41) is 6.44. The number of piperazine rings is 1. The summed E-state index contributed by atoms with van der Waals surface area (Å²) in [6, 6.07) is 0. The van der Waals surface area contributed by atoms with Crippen molar-refractivity contribution in [2.45, 2.75) is 0 Å². The molecule has 1 aliphatic rings. The van der Waals surface area contributed by atoms with Crippen molar-refractivity contribution in [2.24, 2.45) is 22.9 Å². The molecule has 0 amide bonds. The Labute approximate surface area is 86.8 Å². The summed E-state index contributed by atoms with van der Waals surface area (Å²) in [5.41, 5.74) is 19.6. The van der Waals surface area contributed by atoms with Gasteiger partial charge >= 0.3 is 0 Å². The quantitative estimate of drug-likeness (QED) is 0.285. The average molecular weight is 206 g/mol. The van der Waals surface area contributed by atoms with Crippen molar-refractivity contribution in [3.05, 3.63) is 0 Å². The standard InChI is InChI=1S/C4H10N2.2C2H8N2/c1-2-6-4-3-5-1;2*3-1-2-4/h5-6H,1-4H2;2*1-4H2. The summed E-state index contributed by atoms with van der Waals surface area (Å²) in [6.07, 6.45) is 0. The van der Waals surface area contributed by atoms with Gasteiger partial charge in [0.25, 0.3) is 0 Å². The van der Waals surface area contributed by atoms with Crippen LogP contribution in [-0.4, -0.2) is 52.4 Å². The van der Waals surface area contributed by atoms with E-state index in [4.69, 9.17) is 22.9 Å². The van der Waals surface area contributed by atoms with Crippen LogP contribution in [0.5, 0.6) is 0 Å². The highest BCUT2D eigenvalue weighted by molar-refractivity contribution is 4.59. The molecular weight excluding hydrogens is 180 g/mol. The van der Waals surface area contributed by atoms with E-state index < -0.39 is 0 Å². The van der Waals surface area contributed by atoms with Crippen LogP contribution < -0.4 is 33.6 Å². The first-order valence-electron chi connectivity index (χ1n) is 5.05. The molecule has 0 aromatic heterocycles. The molecule has 0 bridgehead atoms. The van der Waals surface area contributed by atoms with Crippen LogP contribution >= 0.6 is 0 Å². The van der Waals surface area contributed by atoms with Crippen LogP contribution in [0.1, 0.15) is 0 Å². The van der Waals surface area contributed by atoms with Gasteiger partial charge in [0.1, 0.15) is 0 Å². The Morgan fingerprint density at radius 3 is 0.857 bits per heavy atom. The maximum atomic E-state index is 4.90. The lowest BCUT2D eigenvalue weighted by atomic mass is 10.4. The number of rotatable bonds is 2. The Kier molecular flexibility index (Phi) is 21.4. The normalized spacial score (nSPS) is 14.6. The zero-order valence-electron chi connectivity index (χ0n) is 8.97. The third kappa shape index (κ3) is 22.6. The van der Waals surface area contributed by atoms with Crippen LogP contribution in [0.25, 0.3) is 0 Å². The molecule has 1 aliphatic heterocycles. The second-order valence-electron chi connectivity index (χ2n) is 2.65. The highest BCUT2D eigenvalue weighted by Crippen LogP contribution is 1.65. The van der Waals surface area contributed by atoms with Gasteiger partial charge in [0.2, 0.25) is 0 Å². The number of nitrogens with two attached hydrogens (primary N) is 4. The molecule has 6 heteroatoms. The third-order valence-corrected chi connectivity index (χ3v) is 1.29. The minimum absolute atomic E-state index is 0.597. The molecule has 0 aromatic rings. The summed E-state index contributed by atoms with van der Waals surface area (Å²) in [6.45, 7) is 6.94. The molecular formula is C8H26N6. The molecule has 0 radical (unpaired) electrons. The lowest BCUT2D eigenvalue weighted by Crippen LogP contribution is -2.39. The van der Waals surface area contributed by atoms with Gasteiger partial charge in [0.05, 0.1) is 0 Å². The molecule has 0 spiro atoms. The predicted octanol–water partition coefficient (Wildman–Crippen LogP) is -3.01. The van der Waals surface area contributed by atoms with Crippen molar-refractivity contribution in [1.29, 1.82) is 0 Å². The van der Waals surface area contributed by atoms with Crippen LogP contribution in [0.15, 0.2) is 0 Å². The van der Waals surface area contributed by atoms with Crippen molar-refractivity contribution >= 4 is 0 Å². The highest BCUT2D eigenvalue weighted by atomic mass is 15.0. The van der Waals surface area contributed by atoms with E-state index in [2.05, 4.69) is 10.6 Å². The first-order chi connectivity index (χ1) is 6.83. The van der Waals surface area contributed by atoms with Gasteiger partial charge in [-0.2, -0.15) is 0 Å². The molecule has 1 rings (SSSR count). The van der Waals surface area contributed by atoms with Gasteiger partial charge in [0.15, 0.2) is 0 Å². The summed E-state index contributed by atoms with van der Waals surface area (Å²) >= 11 is 0. The van der Waals surface area contributed by atoms with E-state index in [1.165, 1.54) is 0 Å². The Balaban J connectivity index is 0. The molecule has 1 fully saturated rings. The lowest BCUT2D eigenvalue weighted by Gasteiger charge is -2.11. The molecule has 88 valence electrons. The zero-order chi connectivity index (χ0) is 11.1. The minimum Gasteiger partial charge on any atom is -0.329 e. The van der Waals surface area contributed by atoms with E-state index >= 15 is 0 Å². The smallest absolute Gasteiger partial charge is 0.00772 e. The number of hydrogen-bond acceptors (Lipinski definition) is 6. The van der Waals surface area contributed by atoms with E-state index in [-0.39, 0.29) is 0 Å². The van der Waals surface area contributed by atoms with Crippen molar-refractivity contribution in [3.63, 3.8) is 0 Å². The van der Waals surface area contributed by atoms with E-state index in [0.29, 0.717) is 26.2 Å². The molecule has 0 unspecified atom stereocenters. The van der Waals surface area contributed by atoms with Gasteiger partial charge in [-0.1, -0.05) is 0 Å². The van der Waals surface area contributed by atoms with Crippen LogP contribution in [0.4, 0.5) is 0 Å². The van der Waals surface area contributed by atoms with Crippen molar-refractivity contribution in [1.82, 2.24) is 10.6 Å². The first-order valence-corrected chi connectivity index (χ1v) is 5.05. The van der Waals surface area contributed by atoms with Gasteiger partial charge in [-0.05, 0) is 0 Å². The molecule has 0 atom stereocenters. The molecule has 0 aromatic carbocycles. The van der Waals surface area contributed by atoms with E-state index in [1.807, 2.05) is 0 Å². The highest BCUT2D eigenvalue weighted by Gasteiger charge is 1.91. The van der Waals surface area contributed by atoms with Gasteiger partial charge in [-0.15, -0.1) is 0 Å². The SMILES string of the molecule is C1CNCCN1.NCCN.NCCN. The maximum absolute atomic E-state index is 4.90. The van der Waals surface area contributed by atoms with E-state index in [9.17, 15) is 0 Å². The van der Waals surface area contributed by atoms with Crippen LogP contribution in [0, 0.1) is 0 Å². The number of hydrogen-bond donors (Lipinski definition) is 6.